The molecular weight excluding hydrogens is 368 g/mol. The Morgan fingerprint density at radius 3 is 2.54 bits per heavy atom. The van der Waals surface area contributed by atoms with E-state index in [2.05, 4.69) is 40.6 Å². The lowest BCUT2D eigenvalue weighted by Crippen LogP contribution is -2.20. The number of carbonyl (C=O) groups is 1. The molecule has 0 radical (unpaired) electrons. The first kappa shape index (κ1) is 18.2. The quantitative estimate of drug-likeness (QED) is 0.484. The molecule has 4 aromatic rings. The molecular formula is C23H20N2O2S. The predicted octanol–water partition coefficient (Wildman–Crippen LogP) is 5.60. The number of amides is 1. The van der Waals surface area contributed by atoms with Crippen molar-refractivity contribution in [1.82, 2.24) is 4.98 Å². The maximum absolute atomic E-state index is 12.2. The number of aromatic nitrogens is 1. The van der Waals surface area contributed by atoms with Crippen molar-refractivity contribution >= 4 is 33.1 Å². The first-order valence-corrected chi connectivity index (χ1v) is 9.90. The van der Waals surface area contributed by atoms with Crippen LogP contribution in [0.25, 0.3) is 22.0 Å². The van der Waals surface area contributed by atoms with Gasteiger partial charge in [-0.3, -0.25) is 10.1 Å². The molecule has 0 aliphatic heterocycles. The van der Waals surface area contributed by atoms with Crippen LogP contribution in [0, 0.1) is 13.8 Å². The molecule has 0 bridgehead atoms. The number of rotatable bonds is 5. The van der Waals surface area contributed by atoms with Crippen LogP contribution in [0.15, 0.2) is 66.0 Å². The van der Waals surface area contributed by atoms with Gasteiger partial charge in [-0.05, 0) is 53.9 Å². The average Bonchev–Trinajstić information content (AvgIpc) is 3.14. The predicted molar refractivity (Wildman–Crippen MR) is 115 cm³/mol. The SMILES string of the molecule is Cc1cc(C)cc(OCC(=O)Nc2nc(-c3ccc4ccccc4c3)cs2)c1. The van der Waals surface area contributed by atoms with Gasteiger partial charge in [-0.1, -0.05) is 42.5 Å². The monoisotopic (exact) mass is 388 g/mol. The summed E-state index contributed by atoms with van der Waals surface area (Å²) in [5.41, 5.74) is 4.09. The normalized spacial score (nSPS) is 10.8. The minimum atomic E-state index is -0.224. The van der Waals surface area contributed by atoms with Crippen LogP contribution in [-0.2, 0) is 4.79 Å². The molecule has 140 valence electrons. The van der Waals surface area contributed by atoms with E-state index in [0.29, 0.717) is 10.9 Å². The number of fused-ring (bicyclic) bond motifs is 1. The molecule has 1 heterocycles. The molecule has 4 nitrogen and oxygen atoms in total. The zero-order valence-electron chi connectivity index (χ0n) is 15.7. The lowest BCUT2D eigenvalue weighted by atomic mass is 10.1. The number of anilines is 1. The van der Waals surface area contributed by atoms with Crippen molar-refractivity contribution in [3.63, 3.8) is 0 Å². The molecule has 4 rings (SSSR count). The lowest BCUT2D eigenvalue weighted by Gasteiger charge is -2.07. The summed E-state index contributed by atoms with van der Waals surface area (Å²) in [4.78, 5) is 16.7. The third-order valence-corrected chi connectivity index (χ3v) is 5.12. The zero-order chi connectivity index (χ0) is 19.5. The van der Waals surface area contributed by atoms with Crippen LogP contribution in [0.5, 0.6) is 5.75 Å². The van der Waals surface area contributed by atoms with Crippen molar-refractivity contribution in [3.05, 3.63) is 77.2 Å². The van der Waals surface area contributed by atoms with E-state index in [1.54, 1.807) is 0 Å². The Kier molecular flexibility index (Phi) is 5.08. The maximum atomic E-state index is 12.2. The Hall–Kier alpha value is -3.18. The Bertz CT molecular complexity index is 1130. The Morgan fingerprint density at radius 1 is 1.00 bits per heavy atom. The van der Waals surface area contributed by atoms with Crippen molar-refractivity contribution < 1.29 is 9.53 Å². The molecule has 0 saturated carbocycles. The van der Waals surface area contributed by atoms with Gasteiger partial charge >= 0.3 is 0 Å². The largest absolute Gasteiger partial charge is 0.484 e. The summed E-state index contributed by atoms with van der Waals surface area (Å²) in [7, 11) is 0. The number of thiazole rings is 1. The number of benzene rings is 3. The van der Waals surface area contributed by atoms with Crippen molar-refractivity contribution in [2.75, 3.05) is 11.9 Å². The molecule has 3 aromatic carbocycles. The zero-order valence-corrected chi connectivity index (χ0v) is 16.5. The third kappa shape index (κ3) is 4.21. The first-order valence-electron chi connectivity index (χ1n) is 9.02. The fourth-order valence-corrected chi connectivity index (χ4v) is 3.87. The van der Waals surface area contributed by atoms with E-state index < -0.39 is 0 Å². The van der Waals surface area contributed by atoms with Gasteiger partial charge in [-0.2, -0.15) is 0 Å². The number of hydrogen-bond donors (Lipinski definition) is 1. The van der Waals surface area contributed by atoms with Crippen LogP contribution in [0.4, 0.5) is 5.13 Å². The standard InChI is InChI=1S/C23H20N2O2S/c1-15-9-16(2)11-20(10-15)27-13-22(26)25-23-24-21(14-28-23)19-8-7-17-5-3-4-6-18(17)12-19/h3-12,14H,13H2,1-2H3,(H,24,25,26). The Balaban J connectivity index is 1.41. The van der Waals surface area contributed by atoms with E-state index in [9.17, 15) is 4.79 Å². The van der Waals surface area contributed by atoms with E-state index in [1.807, 2.05) is 49.6 Å². The van der Waals surface area contributed by atoms with E-state index in [0.717, 1.165) is 22.4 Å². The number of nitrogens with zero attached hydrogens (tertiary/aromatic N) is 1. The molecule has 0 aliphatic carbocycles. The van der Waals surface area contributed by atoms with Crippen LogP contribution in [-0.4, -0.2) is 17.5 Å². The van der Waals surface area contributed by atoms with Crippen LogP contribution >= 0.6 is 11.3 Å². The van der Waals surface area contributed by atoms with Crippen molar-refractivity contribution in [2.24, 2.45) is 0 Å². The second-order valence-corrected chi connectivity index (χ2v) is 7.62. The van der Waals surface area contributed by atoms with Gasteiger partial charge in [-0.25, -0.2) is 4.98 Å². The summed E-state index contributed by atoms with van der Waals surface area (Å²) in [5.74, 6) is 0.474. The highest BCUT2D eigenvalue weighted by molar-refractivity contribution is 7.14. The van der Waals surface area contributed by atoms with Gasteiger partial charge in [-0.15, -0.1) is 11.3 Å². The van der Waals surface area contributed by atoms with Crippen LogP contribution in [0.1, 0.15) is 11.1 Å². The minimum Gasteiger partial charge on any atom is -0.484 e. The van der Waals surface area contributed by atoms with Crippen molar-refractivity contribution in [3.8, 4) is 17.0 Å². The average molecular weight is 388 g/mol. The Morgan fingerprint density at radius 2 is 1.75 bits per heavy atom. The van der Waals surface area contributed by atoms with Gasteiger partial charge in [0.1, 0.15) is 5.75 Å². The van der Waals surface area contributed by atoms with Gasteiger partial charge in [0.05, 0.1) is 5.69 Å². The molecule has 0 unspecified atom stereocenters. The maximum Gasteiger partial charge on any atom is 0.264 e. The highest BCUT2D eigenvalue weighted by atomic mass is 32.1. The first-order chi connectivity index (χ1) is 13.6. The van der Waals surface area contributed by atoms with Crippen molar-refractivity contribution in [1.29, 1.82) is 0 Å². The molecule has 0 aliphatic rings. The fourth-order valence-electron chi connectivity index (χ4n) is 3.13. The van der Waals surface area contributed by atoms with Crippen LogP contribution in [0.2, 0.25) is 0 Å². The lowest BCUT2D eigenvalue weighted by molar-refractivity contribution is -0.118. The van der Waals surface area contributed by atoms with E-state index >= 15 is 0 Å². The molecule has 0 fully saturated rings. The number of hydrogen-bond acceptors (Lipinski definition) is 4. The molecule has 1 amide bonds. The number of carbonyl (C=O) groups excluding carboxylic acids is 1. The summed E-state index contributed by atoms with van der Waals surface area (Å²) >= 11 is 1.41. The van der Waals surface area contributed by atoms with Crippen molar-refractivity contribution in [2.45, 2.75) is 13.8 Å². The number of ether oxygens (including phenoxy) is 1. The molecule has 1 aromatic heterocycles. The topological polar surface area (TPSA) is 51.2 Å². The molecule has 28 heavy (non-hydrogen) atoms. The molecule has 0 saturated heterocycles. The highest BCUT2D eigenvalue weighted by Gasteiger charge is 2.10. The molecule has 5 heteroatoms. The fraction of sp³-hybridized carbons (Fsp3) is 0.130. The summed E-state index contributed by atoms with van der Waals surface area (Å²) in [5, 5.41) is 7.69. The molecule has 1 N–H and O–H groups in total. The Labute approximate surface area is 167 Å². The van der Waals surface area contributed by atoms with Gasteiger partial charge in [0, 0.05) is 10.9 Å². The van der Waals surface area contributed by atoms with E-state index in [-0.39, 0.29) is 12.5 Å². The van der Waals surface area contributed by atoms with E-state index in [1.165, 1.54) is 22.1 Å². The molecule has 0 atom stereocenters. The minimum absolute atomic E-state index is 0.0478. The summed E-state index contributed by atoms with van der Waals surface area (Å²) in [6.07, 6.45) is 0. The number of nitrogens with one attached hydrogen (secondary N) is 1. The van der Waals surface area contributed by atoms with Gasteiger partial charge in [0.15, 0.2) is 11.7 Å². The third-order valence-electron chi connectivity index (χ3n) is 4.36. The smallest absolute Gasteiger partial charge is 0.264 e. The summed E-state index contributed by atoms with van der Waals surface area (Å²) in [6.45, 7) is 3.96. The van der Waals surface area contributed by atoms with Gasteiger partial charge < -0.3 is 4.74 Å². The van der Waals surface area contributed by atoms with Gasteiger partial charge in [0.2, 0.25) is 0 Å². The molecule has 0 spiro atoms. The van der Waals surface area contributed by atoms with Crippen LogP contribution in [0.3, 0.4) is 0 Å². The van der Waals surface area contributed by atoms with E-state index in [4.69, 9.17) is 4.74 Å². The second-order valence-electron chi connectivity index (χ2n) is 6.76. The number of aryl methyl sites for hydroxylation is 2. The summed E-state index contributed by atoms with van der Waals surface area (Å²) in [6, 6.07) is 20.4. The highest BCUT2D eigenvalue weighted by Crippen LogP contribution is 2.27. The van der Waals surface area contributed by atoms with Gasteiger partial charge in [0.25, 0.3) is 5.91 Å². The summed E-state index contributed by atoms with van der Waals surface area (Å²) < 4.78 is 5.61. The van der Waals surface area contributed by atoms with Crippen LogP contribution < -0.4 is 10.1 Å². The second kappa shape index (κ2) is 7.82.